The summed E-state index contributed by atoms with van der Waals surface area (Å²) in [7, 11) is 3.77. The number of benzene rings is 1. The minimum Gasteiger partial charge on any atom is -0.319 e. The first-order valence-corrected chi connectivity index (χ1v) is 6.42. The Morgan fingerprint density at radius 3 is 2.72 bits per heavy atom. The molecule has 1 atom stereocenters. The molecular weight excluding hydrogens is 224 g/mol. The second kappa shape index (κ2) is 5.36. The van der Waals surface area contributed by atoms with E-state index in [1.165, 1.54) is 0 Å². The van der Waals surface area contributed by atoms with E-state index in [9.17, 15) is 4.79 Å². The van der Waals surface area contributed by atoms with Crippen molar-refractivity contribution in [3.05, 3.63) is 46.2 Å². The molecule has 3 heteroatoms. The fourth-order valence-corrected chi connectivity index (χ4v) is 2.46. The van der Waals surface area contributed by atoms with Crippen LogP contribution in [0.2, 0.25) is 0 Å². The molecule has 0 amide bonds. The highest BCUT2D eigenvalue weighted by molar-refractivity contribution is 5.79. The molecule has 1 N–H and O–H groups in total. The Morgan fingerprint density at radius 1 is 1.33 bits per heavy atom. The monoisotopic (exact) mass is 244 g/mol. The van der Waals surface area contributed by atoms with Crippen LogP contribution in [0.15, 0.2) is 35.1 Å². The average Bonchev–Trinajstić information content (AvgIpc) is 2.40. The Kier molecular flexibility index (Phi) is 3.82. The second-order valence-electron chi connectivity index (χ2n) is 4.69. The first-order valence-electron chi connectivity index (χ1n) is 6.42. The molecule has 1 heterocycles. The van der Waals surface area contributed by atoms with Gasteiger partial charge in [-0.05, 0) is 31.0 Å². The van der Waals surface area contributed by atoms with Gasteiger partial charge in [0.1, 0.15) is 0 Å². The topological polar surface area (TPSA) is 34.0 Å². The van der Waals surface area contributed by atoms with Crippen molar-refractivity contribution in [2.24, 2.45) is 7.05 Å². The van der Waals surface area contributed by atoms with Gasteiger partial charge in [-0.1, -0.05) is 25.1 Å². The Balaban J connectivity index is 2.64. The Hall–Kier alpha value is -1.61. The Labute approximate surface area is 107 Å². The van der Waals surface area contributed by atoms with Crippen LogP contribution in [0.25, 0.3) is 10.9 Å². The highest BCUT2D eigenvalue weighted by Gasteiger charge is 2.14. The second-order valence-corrected chi connectivity index (χ2v) is 4.69. The lowest BCUT2D eigenvalue weighted by atomic mass is 9.96. The quantitative estimate of drug-likeness (QED) is 0.895. The number of fused-ring (bicyclic) bond motifs is 1. The van der Waals surface area contributed by atoms with Gasteiger partial charge in [0.15, 0.2) is 0 Å². The van der Waals surface area contributed by atoms with Gasteiger partial charge in [-0.3, -0.25) is 4.79 Å². The summed E-state index contributed by atoms with van der Waals surface area (Å²) in [5.41, 5.74) is 2.02. The Morgan fingerprint density at radius 2 is 2.06 bits per heavy atom. The van der Waals surface area contributed by atoms with Crippen molar-refractivity contribution < 1.29 is 0 Å². The molecule has 1 unspecified atom stereocenters. The van der Waals surface area contributed by atoms with Crippen molar-refractivity contribution in [3.63, 3.8) is 0 Å². The normalized spacial score (nSPS) is 12.8. The predicted molar refractivity (Wildman–Crippen MR) is 76.1 cm³/mol. The molecule has 1 aromatic heterocycles. The lowest BCUT2D eigenvalue weighted by molar-refractivity contribution is 0.602. The smallest absolute Gasteiger partial charge is 0.254 e. The van der Waals surface area contributed by atoms with E-state index < -0.39 is 0 Å². The zero-order valence-corrected chi connectivity index (χ0v) is 11.2. The number of hydrogen-bond donors (Lipinski definition) is 1. The number of hydrogen-bond acceptors (Lipinski definition) is 2. The third kappa shape index (κ3) is 2.18. The molecule has 0 saturated heterocycles. The number of nitrogens with one attached hydrogen (secondary N) is 1. The molecule has 96 valence electrons. The zero-order chi connectivity index (χ0) is 13.1. The van der Waals surface area contributed by atoms with Gasteiger partial charge in [-0.15, -0.1) is 0 Å². The molecule has 2 aromatic rings. The molecule has 1 aromatic carbocycles. The van der Waals surface area contributed by atoms with E-state index in [4.69, 9.17) is 0 Å². The lowest BCUT2D eigenvalue weighted by Crippen LogP contribution is -2.27. The van der Waals surface area contributed by atoms with Crippen LogP contribution in [0, 0.1) is 0 Å². The molecule has 0 aliphatic rings. The summed E-state index contributed by atoms with van der Waals surface area (Å²) in [4.78, 5) is 12.4. The average molecular weight is 244 g/mol. The van der Waals surface area contributed by atoms with Gasteiger partial charge in [-0.25, -0.2) is 0 Å². The van der Waals surface area contributed by atoms with Crippen molar-refractivity contribution in [1.82, 2.24) is 9.88 Å². The van der Waals surface area contributed by atoms with Gasteiger partial charge < -0.3 is 9.88 Å². The van der Waals surface area contributed by atoms with Crippen molar-refractivity contribution in [2.75, 3.05) is 13.6 Å². The summed E-state index contributed by atoms with van der Waals surface area (Å²) >= 11 is 0. The molecule has 2 rings (SSSR count). The van der Waals surface area contributed by atoms with Crippen LogP contribution < -0.4 is 10.9 Å². The minimum atomic E-state index is 0.121. The van der Waals surface area contributed by atoms with Crippen molar-refractivity contribution in [3.8, 4) is 0 Å². The van der Waals surface area contributed by atoms with Gasteiger partial charge in [0, 0.05) is 25.1 Å². The summed E-state index contributed by atoms with van der Waals surface area (Å²) in [6.45, 7) is 2.96. The van der Waals surface area contributed by atoms with E-state index in [-0.39, 0.29) is 11.5 Å². The SMILES string of the molecule is CCC(CNC)c1cc2ccccc2n(C)c1=O. The van der Waals surface area contributed by atoms with Crippen LogP contribution in [0.4, 0.5) is 0 Å². The van der Waals surface area contributed by atoms with Gasteiger partial charge in [0.25, 0.3) is 5.56 Å². The molecular formula is C15H20N2O. The third-order valence-corrected chi connectivity index (χ3v) is 3.54. The fourth-order valence-electron chi connectivity index (χ4n) is 2.46. The van der Waals surface area contributed by atoms with E-state index in [2.05, 4.69) is 18.3 Å². The van der Waals surface area contributed by atoms with Crippen molar-refractivity contribution in [1.29, 1.82) is 0 Å². The maximum atomic E-state index is 12.4. The van der Waals surface area contributed by atoms with E-state index in [1.54, 1.807) is 4.57 Å². The summed E-state index contributed by atoms with van der Waals surface area (Å²) in [5.74, 6) is 0.276. The highest BCUT2D eigenvalue weighted by atomic mass is 16.1. The zero-order valence-electron chi connectivity index (χ0n) is 11.2. The van der Waals surface area contributed by atoms with Crippen LogP contribution in [0.1, 0.15) is 24.8 Å². The van der Waals surface area contributed by atoms with E-state index >= 15 is 0 Å². The third-order valence-electron chi connectivity index (χ3n) is 3.54. The summed E-state index contributed by atoms with van der Waals surface area (Å²) in [5, 5.41) is 4.29. The Bertz CT molecular complexity index is 601. The molecule has 0 radical (unpaired) electrons. The number of rotatable bonds is 4. The van der Waals surface area contributed by atoms with Crippen LogP contribution in [0.3, 0.4) is 0 Å². The molecule has 0 bridgehead atoms. The standard InChI is InChI=1S/C15H20N2O/c1-4-11(10-16-2)13-9-12-7-5-6-8-14(12)17(3)15(13)18/h5-9,11,16H,4,10H2,1-3H3. The van der Waals surface area contributed by atoms with E-state index in [0.29, 0.717) is 0 Å². The van der Waals surface area contributed by atoms with Crippen LogP contribution in [-0.4, -0.2) is 18.2 Å². The maximum Gasteiger partial charge on any atom is 0.254 e. The number of nitrogens with zero attached hydrogens (tertiary/aromatic N) is 1. The first-order chi connectivity index (χ1) is 8.69. The molecule has 0 aliphatic carbocycles. The lowest BCUT2D eigenvalue weighted by Gasteiger charge is -2.16. The number of aryl methyl sites for hydroxylation is 1. The summed E-state index contributed by atoms with van der Waals surface area (Å²) < 4.78 is 1.75. The number of likely N-dealkylation sites (N-methyl/N-ethyl adjacent to an activating group) is 1. The number of aromatic nitrogens is 1. The van der Waals surface area contributed by atoms with Gasteiger partial charge in [0.05, 0.1) is 5.52 Å². The molecule has 3 nitrogen and oxygen atoms in total. The molecule has 0 spiro atoms. The largest absolute Gasteiger partial charge is 0.319 e. The van der Waals surface area contributed by atoms with Gasteiger partial charge in [-0.2, -0.15) is 0 Å². The van der Waals surface area contributed by atoms with Crippen LogP contribution >= 0.6 is 0 Å². The molecule has 0 aliphatic heterocycles. The van der Waals surface area contributed by atoms with Gasteiger partial charge >= 0.3 is 0 Å². The van der Waals surface area contributed by atoms with Crippen LogP contribution in [-0.2, 0) is 7.05 Å². The maximum absolute atomic E-state index is 12.4. The number of para-hydroxylation sites is 1. The molecule has 18 heavy (non-hydrogen) atoms. The van der Waals surface area contributed by atoms with Gasteiger partial charge in [0.2, 0.25) is 0 Å². The highest BCUT2D eigenvalue weighted by Crippen LogP contribution is 2.20. The van der Waals surface area contributed by atoms with Crippen molar-refractivity contribution >= 4 is 10.9 Å². The van der Waals surface area contributed by atoms with Crippen molar-refractivity contribution in [2.45, 2.75) is 19.3 Å². The minimum absolute atomic E-state index is 0.121. The summed E-state index contributed by atoms with van der Waals surface area (Å²) in [6, 6.07) is 10.1. The first kappa shape index (κ1) is 12.8. The van der Waals surface area contributed by atoms with E-state index in [1.807, 2.05) is 38.4 Å². The summed E-state index contributed by atoms with van der Waals surface area (Å²) in [6.07, 6.45) is 0.967. The predicted octanol–water partition coefficient (Wildman–Crippen LogP) is 2.25. The fraction of sp³-hybridized carbons (Fsp3) is 0.400. The number of pyridine rings is 1. The molecule has 0 fully saturated rings. The van der Waals surface area contributed by atoms with Crippen LogP contribution in [0.5, 0.6) is 0 Å². The van der Waals surface area contributed by atoms with E-state index in [0.717, 1.165) is 29.4 Å². The molecule has 0 saturated carbocycles.